The summed E-state index contributed by atoms with van der Waals surface area (Å²) in [6.45, 7) is 10.4. The first-order valence-electron chi connectivity index (χ1n) is 8.49. The minimum atomic E-state index is -3.22. The molecule has 0 radical (unpaired) electrons. The lowest BCUT2D eigenvalue weighted by Gasteiger charge is -2.19. The third kappa shape index (κ3) is 8.37. The van der Waals surface area contributed by atoms with Gasteiger partial charge >= 0.3 is 0 Å². The van der Waals surface area contributed by atoms with Gasteiger partial charge in [-0.3, -0.25) is 0 Å². The van der Waals surface area contributed by atoms with Gasteiger partial charge in [-0.15, -0.1) is 24.0 Å². The second kappa shape index (κ2) is 12.5. The van der Waals surface area contributed by atoms with Gasteiger partial charge in [0.1, 0.15) is 0 Å². The van der Waals surface area contributed by atoms with Gasteiger partial charge in [-0.05, 0) is 25.0 Å². The van der Waals surface area contributed by atoms with Crippen LogP contribution in [-0.2, 0) is 16.6 Å². The molecule has 0 saturated carbocycles. The van der Waals surface area contributed by atoms with Gasteiger partial charge in [-0.1, -0.05) is 38.1 Å². The fourth-order valence-electron chi connectivity index (χ4n) is 2.34. The number of guanidine groups is 1. The Morgan fingerprint density at radius 1 is 1.12 bits per heavy atom. The molecule has 0 atom stereocenters. The number of nitrogens with zero attached hydrogens (tertiary/aromatic N) is 2. The Hall–Kier alpha value is -0.870. The first-order chi connectivity index (χ1) is 11.4. The van der Waals surface area contributed by atoms with E-state index < -0.39 is 10.0 Å². The predicted octanol–water partition coefficient (Wildman–Crippen LogP) is 2.34. The Labute approximate surface area is 169 Å². The summed E-state index contributed by atoms with van der Waals surface area (Å²) in [6, 6.07) is 8.11. The Balaban J connectivity index is 0.00000576. The third-order valence-corrected chi connectivity index (χ3v) is 5.79. The van der Waals surface area contributed by atoms with Crippen molar-refractivity contribution in [3.63, 3.8) is 0 Å². The number of aliphatic imine (C=N–C) groups is 1. The zero-order chi connectivity index (χ0) is 18.0. The fourth-order valence-corrected chi connectivity index (χ4v) is 3.74. The van der Waals surface area contributed by atoms with Gasteiger partial charge in [-0.2, -0.15) is 0 Å². The highest BCUT2D eigenvalue weighted by Gasteiger charge is 2.18. The van der Waals surface area contributed by atoms with Crippen LogP contribution in [0, 0.1) is 6.92 Å². The lowest BCUT2D eigenvalue weighted by molar-refractivity contribution is 0.445. The third-order valence-electron chi connectivity index (χ3n) is 3.76. The van der Waals surface area contributed by atoms with Gasteiger partial charge in [0.25, 0.3) is 0 Å². The molecule has 1 aromatic carbocycles. The first-order valence-corrected chi connectivity index (χ1v) is 10.1. The number of hydrogen-bond acceptors (Lipinski definition) is 3. The Morgan fingerprint density at radius 2 is 1.76 bits per heavy atom. The average molecular weight is 482 g/mol. The predicted molar refractivity (Wildman–Crippen MR) is 116 cm³/mol. The quantitative estimate of drug-likeness (QED) is 0.322. The maximum absolute atomic E-state index is 12.2. The van der Waals surface area contributed by atoms with Crippen LogP contribution in [0.1, 0.15) is 31.9 Å². The van der Waals surface area contributed by atoms with E-state index in [9.17, 15) is 8.42 Å². The molecule has 8 heteroatoms. The van der Waals surface area contributed by atoms with Crippen LogP contribution >= 0.6 is 24.0 Å². The van der Waals surface area contributed by atoms with Crippen LogP contribution in [0.2, 0.25) is 0 Å². The number of aryl methyl sites for hydroxylation is 1. The van der Waals surface area contributed by atoms with Crippen molar-refractivity contribution in [3.8, 4) is 0 Å². The van der Waals surface area contributed by atoms with Gasteiger partial charge in [-0.25, -0.2) is 17.7 Å². The Morgan fingerprint density at radius 3 is 2.32 bits per heavy atom. The maximum atomic E-state index is 12.2. The molecule has 0 saturated heterocycles. The van der Waals surface area contributed by atoms with E-state index >= 15 is 0 Å². The number of hydrogen-bond donors (Lipinski definition) is 2. The minimum Gasteiger partial charge on any atom is -0.357 e. The zero-order valence-electron chi connectivity index (χ0n) is 15.6. The highest BCUT2D eigenvalue weighted by molar-refractivity contribution is 14.0. The van der Waals surface area contributed by atoms with Gasteiger partial charge in [0.15, 0.2) is 5.96 Å². The summed E-state index contributed by atoms with van der Waals surface area (Å²) in [4.78, 5) is 4.54. The van der Waals surface area contributed by atoms with Gasteiger partial charge in [0, 0.05) is 26.2 Å². The molecule has 0 aliphatic carbocycles. The first kappa shape index (κ1) is 24.1. The Kier molecular flexibility index (Phi) is 12.0. The van der Waals surface area contributed by atoms with Crippen molar-refractivity contribution in [2.24, 2.45) is 4.99 Å². The molecule has 0 aromatic heterocycles. The standard InChI is InChI=1S/C17H30N4O2S.HI/c1-5-18-17(20-14-16-11-9-8-10-15(16)4)19-12-13-24(22,23)21(6-2)7-3;/h8-11H,5-7,12-14H2,1-4H3,(H2,18,19,20);1H. The molecular formula is C17H31IN4O2S. The molecule has 0 spiro atoms. The monoisotopic (exact) mass is 482 g/mol. The summed E-state index contributed by atoms with van der Waals surface area (Å²) in [5.41, 5.74) is 2.35. The molecule has 6 nitrogen and oxygen atoms in total. The van der Waals surface area contributed by atoms with E-state index in [1.54, 1.807) is 0 Å². The van der Waals surface area contributed by atoms with Crippen LogP contribution in [0.3, 0.4) is 0 Å². The molecule has 0 heterocycles. The van der Waals surface area contributed by atoms with Crippen LogP contribution in [0.25, 0.3) is 0 Å². The number of sulfonamides is 1. The van der Waals surface area contributed by atoms with E-state index in [0.717, 1.165) is 12.1 Å². The fraction of sp³-hybridized carbons (Fsp3) is 0.588. The highest BCUT2D eigenvalue weighted by Crippen LogP contribution is 2.07. The lowest BCUT2D eigenvalue weighted by Crippen LogP contribution is -2.42. The van der Waals surface area contributed by atoms with E-state index in [1.165, 1.54) is 9.87 Å². The highest BCUT2D eigenvalue weighted by atomic mass is 127. The Bertz CT molecular complexity index is 631. The van der Waals surface area contributed by atoms with E-state index in [-0.39, 0.29) is 29.7 Å². The van der Waals surface area contributed by atoms with Crippen LogP contribution < -0.4 is 10.6 Å². The maximum Gasteiger partial charge on any atom is 0.215 e. The van der Waals surface area contributed by atoms with Crippen molar-refractivity contribution < 1.29 is 8.42 Å². The number of halogens is 1. The number of rotatable bonds is 9. The molecule has 0 aliphatic rings. The second-order valence-corrected chi connectivity index (χ2v) is 7.54. The summed E-state index contributed by atoms with van der Waals surface area (Å²) in [5, 5.41) is 6.25. The molecule has 144 valence electrons. The molecule has 0 fully saturated rings. The van der Waals surface area contributed by atoms with Crippen molar-refractivity contribution >= 4 is 40.0 Å². The zero-order valence-corrected chi connectivity index (χ0v) is 18.7. The van der Waals surface area contributed by atoms with E-state index in [4.69, 9.17) is 0 Å². The normalized spacial score (nSPS) is 12.0. The van der Waals surface area contributed by atoms with Gasteiger partial charge < -0.3 is 10.6 Å². The van der Waals surface area contributed by atoms with Gasteiger partial charge in [0.05, 0.1) is 12.3 Å². The van der Waals surface area contributed by atoms with Crippen LogP contribution in [0.5, 0.6) is 0 Å². The average Bonchev–Trinajstić information content (AvgIpc) is 2.54. The van der Waals surface area contributed by atoms with E-state index in [1.807, 2.05) is 39.0 Å². The smallest absolute Gasteiger partial charge is 0.215 e. The molecule has 25 heavy (non-hydrogen) atoms. The van der Waals surface area contributed by atoms with Crippen molar-refractivity contribution in [1.82, 2.24) is 14.9 Å². The second-order valence-electron chi connectivity index (χ2n) is 5.45. The SMILES string of the molecule is CCNC(=NCc1ccccc1C)NCCS(=O)(=O)N(CC)CC.I. The van der Waals surface area contributed by atoms with Crippen LogP contribution in [-0.4, -0.2) is 50.6 Å². The topological polar surface area (TPSA) is 73.8 Å². The molecule has 0 unspecified atom stereocenters. The minimum absolute atomic E-state index is 0. The van der Waals surface area contributed by atoms with Crippen molar-refractivity contribution in [2.75, 3.05) is 31.9 Å². The molecule has 1 rings (SSSR count). The molecular weight excluding hydrogens is 451 g/mol. The van der Waals surface area contributed by atoms with Crippen molar-refractivity contribution in [3.05, 3.63) is 35.4 Å². The molecule has 0 aliphatic heterocycles. The molecule has 0 bridgehead atoms. The number of nitrogens with one attached hydrogen (secondary N) is 2. The molecule has 1 aromatic rings. The number of benzene rings is 1. The van der Waals surface area contributed by atoms with Crippen molar-refractivity contribution in [2.45, 2.75) is 34.2 Å². The summed E-state index contributed by atoms with van der Waals surface area (Å²) in [6.07, 6.45) is 0. The van der Waals surface area contributed by atoms with Gasteiger partial charge in [0.2, 0.25) is 10.0 Å². The molecule has 0 amide bonds. The largest absolute Gasteiger partial charge is 0.357 e. The van der Waals surface area contributed by atoms with E-state index in [0.29, 0.717) is 32.1 Å². The summed E-state index contributed by atoms with van der Waals surface area (Å²) in [5.74, 6) is 0.694. The summed E-state index contributed by atoms with van der Waals surface area (Å²) in [7, 11) is -3.22. The van der Waals surface area contributed by atoms with E-state index in [2.05, 4.69) is 28.6 Å². The molecule has 2 N–H and O–H groups in total. The van der Waals surface area contributed by atoms with Crippen molar-refractivity contribution in [1.29, 1.82) is 0 Å². The van der Waals surface area contributed by atoms with Crippen LogP contribution in [0.15, 0.2) is 29.3 Å². The summed E-state index contributed by atoms with van der Waals surface area (Å²) < 4.78 is 25.8. The lowest BCUT2D eigenvalue weighted by atomic mass is 10.1. The summed E-state index contributed by atoms with van der Waals surface area (Å²) >= 11 is 0. The van der Waals surface area contributed by atoms with Crippen LogP contribution in [0.4, 0.5) is 0 Å².